The highest BCUT2D eigenvalue weighted by Crippen LogP contribution is 2.36. The first-order valence-electron chi connectivity index (χ1n) is 6.81. The molecule has 0 aliphatic carbocycles. The van der Waals surface area contributed by atoms with Gasteiger partial charge in [-0.2, -0.15) is 0 Å². The monoisotopic (exact) mass is 359 g/mol. The molecular formula is C14H22BrN3O3. The molecule has 0 aliphatic rings. The summed E-state index contributed by atoms with van der Waals surface area (Å²) >= 11 is 3.50. The van der Waals surface area contributed by atoms with E-state index in [4.69, 9.17) is 15.2 Å². The van der Waals surface area contributed by atoms with E-state index >= 15 is 0 Å². The number of carbonyl (C=O) groups excluding carboxylic acids is 1. The zero-order valence-corrected chi connectivity index (χ0v) is 14.0. The Morgan fingerprint density at radius 3 is 2.76 bits per heavy atom. The van der Waals surface area contributed by atoms with Gasteiger partial charge in [0, 0.05) is 19.6 Å². The summed E-state index contributed by atoms with van der Waals surface area (Å²) in [4.78, 5) is 10.5. The highest BCUT2D eigenvalue weighted by Gasteiger charge is 2.11. The van der Waals surface area contributed by atoms with E-state index in [-0.39, 0.29) is 0 Å². The molecule has 0 aliphatic heterocycles. The molecule has 118 valence electrons. The fourth-order valence-corrected chi connectivity index (χ4v) is 2.33. The van der Waals surface area contributed by atoms with Crippen molar-refractivity contribution in [2.45, 2.75) is 19.9 Å². The van der Waals surface area contributed by atoms with E-state index in [1.807, 2.05) is 12.1 Å². The minimum absolute atomic E-state index is 0.491. The number of nitrogens with one attached hydrogen (secondary N) is 2. The fourth-order valence-electron chi connectivity index (χ4n) is 1.73. The second kappa shape index (κ2) is 9.46. The van der Waals surface area contributed by atoms with Crippen molar-refractivity contribution >= 4 is 22.0 Å². The van der Waals surface area contributed by atoms with Crippen molar-refractivity contribution in [1.29, 1.82) is 0 Å². The minimum atomic E-state index is -0.515. The molecule has 0 fully saturated rings. The predicted molar refractivity (Wildman–Crippen MR) is 85.8 cm³/mol. The number of benzene rings is 1. The lowest BCUT2D eigenvalue weighted by atomic mass is 10.2. The Kier molecular flexibility index (Phi) is 7.92. The van der Waals surface area contributed by atoms with Crippen LogP contribution in [0.25, 0.3) is 0 Å². The molecule has 0 saturated carbocycles. The Labute approximate surface area is 133 Å². The van der Waals surface area contributed by atoms with Crippen LogP contribution in [0.2, 0.25) is 0 Å². The van der Waals surface area contributed by atoms with Gasteiger partial charge in [-0.05, 0) is 40.0 Å². The number of amides is 2. The largest absolute Gasteiger partial charge is 0.493 e. The standard InChI is InChI=1S/C14H22BrN3O3/c1-3-6-21-13-11(15)7-10(8-12(13)20-2)9-17-4-5-18-14(16)19/h7-8,17H,3-6,9H2,1-2H3,(H3,16,18,19). The number of ether oxygens (including phenoxy) is 2. The number of urea groups is 1. The summed E-state index contributed by atoms with van der Waals surface area (Å²) < 4.78 is 11.9. The Hall–Kier alpha value is -1.47. The molecule has 0 heterocycles. The van der Waals surface area contributed by atoms with Gasteiger partial charge in [-0.15, -0.1) is 0 Å². The van der Waals surface area contributed by atoms with Gasteiger partial charge in [-0.3, -0.25) is 0 Å². The van der Waals surface area contributed by atoms with E-state index in [1.54, 1.807) is 7.11 Å². The van der Waals surface area contributed by atoms with Gasteiger partial charge < -0.3 is 25.8 Å². The average molecular weight is 360 g/mol. The third-order valence-electron chi connectivity index (χ3n) is 2.67. The summed E-state index contributed by atoms with van der Waals surface area (Å²) in [6.45, 7) is 4.48. The number of primary amides is 1. The minimum Gasteiger partial charge on any atom is -0.493 e. The molecule has 0 radical (unpaired) electrons. The number of hydrogen-bond donors (Lipinski definition) is 3. The molecule has 0 bridgehead atoms. The first-order valence-corrected chi connectivity index (χ1v) is 7.61. The van der Waals surface area contributed by atoms with Gasteiger partial charge in [-0.1, -0.05) is 6.92 Å². The third-order valence-corrected chi connectivity index (χ3v) is 3.26. The van der Waals surface area contributed by atoms with Crippen LogP contribution in [-0.2, 0) is 6.54 Å². The van der Waals surface area contributed by atoms with Crippen molar-refractivity contribution in [1.82, 2.24) is 10.6 Å². The maximum absolute atomic E-state index is 10.5. The number of methoxy groups -OCH3 is 1. The molecule has 0 unspecified atom stereocenters. The lowest BCUT2D eigenvalue weighted by Crippen LogP contribution is -2.35. The van der Waals surface area contributed by atoms with Gasteiger partial charge in [0.1, 0.15) is 0 Å². The van der Waals surface area contributed by atoms with Crippen LogP contribution in [0.4, 0.5) is 4.79 Å². The Balaban J connectivity index is 2.59. The van der Waals surface area contributed by atoms with Crippen molar-refractivity contribution in [3.05, 3.63) is 22.2 Å². The maximum atomic E-state index is 10.5. The van der Waals surface area contributed by atoms with Gasteiger partial charge in [0.2, 0.25) is 0 Å². The van der Waals surface area contributed by atoms with Crippen LogP contribution in [-0.4, -0.2) is 32.8 Å². The smallest absolute Gasteiger partial charge is 0.312 e. The molecular weight excluding hydrogens is 338 g/mol. The lowest BCUT2D eigenvalue weighted by molar-refractivity contribution is 0.249. The summed E-state index contributed by atoms with van der Waals surface area (Å²) in [5.74, 6) is 1.42. The Morgan fingerprint density at radius 1 is 1.38 bits per heavy atom. The molecule has 6 nitrogen and oxygen atoms in total. The first-order chi connectivity index (χ1) is 10.1. The van der Waals surface area contributed by atoms with Crippen molar-refractivity contribution < 1.29 is 14.3 Å². The van der Waals surface area contributed by atoms with Gasteiger partial charge in [0.15, 0.2) is 11.5 Å². The lowest BCUT2D eigenvalue weighted by Gasteiger charge is -2.14. The molecule has 0 aromatic heterocycles. The summed E-state index contributed by atoms with van der Waals surface area (Å²) in [5.41, 5.74) is 6.04. The predicted octanol–water partition coefficient (Wildman–Crippen LogP) is 2.00. The molecule has 0 spiro atoms. The SMILES string of the molecule is CCCOc1c(Br)cc(CNCCNC(N)=O)cc1OC. The van der Waals surface area contributed by atoms with E-state index in [2.05, 4.69) is 33.5 Å². The number of carbonyl (C=O) groups is 1. The van der Waals surface area contributed by atoms with E-state index in [9.17, 15) is 4.79 Å². The summed E-state index contributed by atoms with van der Waals surface area (Å²) in [5, 5.41) is 5.73. The van der Waals surface area contributed by atoms with Crippen LogP contribution in [0.1, 0.15) is 18.9 Å². The molecule has 21 heavy (non-hydrogen) atoms. The molecule has 0 atom stereocenters. The van der Waals surface area contributed by atoms with E-state index in [0.717, 1.165) is 22.2 Å². The fraction of sp³-hybridized carbons (Fsp3) is 0.500. The normalized spacial score (nSPS) is 10.2. The van der Waals surface area contributed by atoms with E-state index < -0.39 is 6.03 Å². The van der Waals surface area contributed by atoms with Crippen LogP contribution in [0, 0.1) is 0 Å². The zero-order chi connectivity index (χ0) is 15.7. The molecule has 4 N–H and O–H groups in total. The summed E-state index contributed by atoms with van der Waals surface area (Å²) in [7, 11) is 1.62. The van der Waals surface area contributed by atoms with Crippen LogP contribution in [0.3, 0.4) is 0 Å². The van der Waals surface area contributed by atoms with Gasteiger partial charge in [0.25, 0.3) is 0 Å². The first kappa shape index (κ1) is 17.6. The maximum Gasteiger partial charge on any atom is 0.312 e. The molecule has 1 rings (SSSR count). The second-order valence-corrected chi connectivity index (χ2v) is 5.28. The van der Waals surface area contributed by atoms with Crippen LogP contribution in [0.15, 0.2) is 16.6 Å². The number of halogens is 1. The van der Waals surface area contributed by atoms with E-state index in [1.165, 1.54) is 0 Å². The Bertz CT molecular complexity index is 469. The van der Waals surface area contributed by atoms with Gasteiger partial charge >= 0.3 is 6.03 Å². The topological polar surface area (TPSA) is 85.6 Å². The number of nitrogens with two attached hydrogens (primary N) is 1. The van der Waals surface area contributed by atoms with Crippen molar-refractivity contribution in [3.63, 3.8) is 0 Å². The van der Waals surface area contributed by atoms with E-state index in [0.29, 0.717) is 32.0 Å². The van der Waals surface area contributed by atoms with Crippen LogP contribution in [0.5, 0.6) is 11.5 Å². The molecule has 1 aromatic rings. The average Bonchev–Trinajstić information content (AvgIpc) is 2.45. The second-order valence-electron chi connectivity index (χ2n) is 4.43. The van der Waals surface area contributed by atoms with Crippen LogP contribution < -0.4 is 25.8 Å². The quantitative estimate of drug-likeness (QED) is 0.588. The third kappa shape index (κ3) is 6.22. The molecule has 0 saturated heterocycles. The van der Waals surface area contributed by atoms with Crippen molar-refractivity contribution in [3.8, 4) is 11.5 Å². The van der Waals surface area contributed by atoms with Crippen molar-refractivity contribution in [2.75, 3.05) is 26.8 Å². The highest BCUT2D eigenvalue weighted by atomic mass is 79.9. The zero-order valence-electron chi connectivity index (χ0n) is 12.4. The van der Waals surface area contributed by atoms with Crippen molar-refractivity contribution in [2.24, 2.45) is 5.73 Å². The summed E-state index contributed by atoms with van der Waals surface area (Å²) in [6, 6.07) is 3.41. The van der Waals surface area contributed by atoms with Gasteiger partial charge in [-0.25, -0.2) is 4.79 Å². The molecule has 1 aromatic carbocycles. The van der Waals surface area contributed by atoms with Gasteiger partial charge in [0.05, 0.1) is 18.2 Å². The van der Waals surface area contributed by atoms with Crippen LogP contribution >= 0.6 is 15.9 Å². The molecule has 2 amide bonds. The number of hydrogen-bond acceptors (Lipinski definition) is 4. The Morgan fingerprint density at radius 2 is 2.14 bits per heavy atom. The highest BCUT2D eigenvalue weighted by molar-refractivity contribution is 9.10. The summed E-state index contributed by atoms with van der Waals surface area (Å²) in [6.07, 6.45) is 0.936. The molecule has 7 heteroatoms. The number of rotatable bonds is 9.